The van der Waals surface area contributed by atoms with Crippen LogP contribution in [0.3, 0.4) is 0 Å². The summed E-state index contributed by atoms with van der Waals surface area (Å²) in [6.45, 7) is 6.35. The number of carbonyl (C=O) groups is 1. The van der Waals surface area contributed by atoms with E-state index in [0.717, 1.165) is 0 Å². The summed E-state index contributed by atoms with van der Waals surface area (Å²) < 4.78 is 28.3. The van der Waals surface area contributed by atoms with Gasteiger partial charge in [-0.3, -0.25) is 4.40 Å². The standard InChI is InChI=1S/C19H23N5O3S/c1-4-20-19(25)21-11-14-7-5-6-8-16(14)28(26,27)15-9-10-17-22-23-18(13(2)3)24(17)12-15/h5-10,12-13H,4,11H2,1-3H3,(H2,20,21,25). The maximum absolute atomic E-state index is 13.3. The molecule has 0 saturated carbocycles. The Hall–Kier alpha value is -2.94. The van der Waals surface area contributed by atoms with Crippen LogP contribution in [-0.4, -0.2) is 35.6 Å². The molecule has 0 fully saturated rings. The number of amides is 2. The van der Waals surface area contributed by atoms with Crippen LogP contribution in [-0.2, 0) is 16.4 Å². The SMILES string of the molecule is CCNC(=O)NCc1ccccc1S(=O)(=O)c1ccc2nnc(C(C)C)n2c1. The van der Waals surface area contributed by atoms with Crippen LogP contribution in [0.25, 0.3) is 5.65 Å². The van der Waals surface area contributed by atoms with Gasteiger partial charge in [-0.2, -0.15) is 0 Å². The second-order valence-electron chi connectivity index (χ2n) is 6.63. The van der Waals surface area contributed by atoms with Crippen molar-refractivity contribution in [1.82, 2.24) is 25.2 Å². The Morgan fingerprint density at radius 3 is 2.57 bits per heavy atom. The van der Waals surface area contributed by atoms with Gasteiger partial charge in [-0.15, -0.1) is 10.2 Å². The van der Waals surface area contributed by atoms with Gasteiger partial charge in [0.2, 0.25) is 9.84 Å². The zero-order chi connectivity index (χ0) is 20.3. The van der Waals surface area contributed by atoms with Gasteiger partial charge < -0.3 is 10.6 Å². The summed E-state index contributed by atoms with van der Waals surface area (Å²) in [5, 5.41) is 13.5. The summed E-state index contributed by atoms with van der Waals surface area (Å²) in [6.07, 6.45) is 1.55. The third kappa shape index (κ3) is 3.84. The molecule has 0 radical (unpaired) electrons. The number of benzene rings is 1. The van der Waals surface area contributed by atoms with E-state index in [4.69, 9.17) is 0 Å². The molecule has 148 valence electrons. The number of nitrogens with one attached hydrogen (secondary N) is 2. The van der Waals surface area contributed by atoms with Crippen LogP contribution in [0.4, 0.5) is 4.79 Å². The Labute approximate surface area is 163 Å². The molecule has 28 heavy (non-hydrogen) atoms. The van der Waals surface area contributed by atoms with E-state index in [0.29, 0.717) is 23.6 Å². The van der Waals surface area contributed by atoms with Crippen molar-refractivity contribution in [3.63, 3.8) is 0 Å². The van der Waals surface area contributed by atoms with Crippen molar-refractivity contribution in [2.24, 2.45) is 0 Å². The van der Waals surface area contributed by atoms with Crippen molar-refractivity contribution in [3.05, 3.63) is 54.0 Å². The Morgan fingerprint density at radius 1 is 1.11 bits per heavy atom. The third-order valence-electron chi connectivity index (χ3n) is 4.27. The van der Waals surface area contributed by atoms with Gasteiger partial charge >= 0.3 is 6.03 Å². The fourth-order valence-corrected chi connectivity index (χ4v) is 4.37. The second-order valence-corrected chi connectivity index (χ2v) is 8.55. The lowest BCUT2D eigenvalue weighted by molar-refractivity contribution is 0.241. The van der Waals surface area contributed by atoms with Crippen molar-refractivity contribution in [3.8, 4) is 0 Å². The van der Waals surface area contributed by atoms with E-state index in [1.165, 1.54) is 6.07 Å². The minimum absolute atomic E-state index is 0.0986. The molecule has 0 aliphatic carbocycles. The summed E-state index contributed by atoms with van der Waals surface area (Å²) in [5.41, 5.74) is 1.11. The topological polar surface area (TPSA) is 105 Å². The maximum atomic E-state index is 13.3. The highest BCUT2D eigenvalue weighted by molar-refractivity contribution is 7.91. The summed E-state index contributed by atoms with van der Waals surface area (Å²) >= 11 is 0. The Bertz CT molecular complexity index is 1110. The summed E-state index contributed by atoms with van der Waals surface area (Å²) in [7, 11) is -3.79. The molecule has 2 amide bonds. The molecule has 0 aliphatic rings. The van der Waals surface area contributed by atoms with E-state index < -0.39 is 9.84 Å². The van der Waals surface area contributed by atoms with Gasteiger partial charge in [0.1, 0.15) is 5.82 Å². The average molecular weight is 401 g/mol. The zero-order valence-electron chi connectivity index (χ0n) is 16.0. The lowest BCUT2D eigenvalue weighted by atomic mass is 10.2. The molecule has 9 heteroatoms. The highest BCUT2D eigenvalue weighted by atomic mass is 32.2. The monoisotopic (exact) mass is 401 g/mol. The maximum Gasteiger partial charge on any atom is 0.315 e. The fraction of sp³-hybridized carbons (Fsp3) is 0.316. The number of fused-ring (bicyclic) bond motifs is 1. The number of hydrogen-bond donors (Lipinski definition) is 2. The number of sulfone groups is 1. The summed E-state index contributed by atoms with van der Waals surface area (Å²) in [5.74, 6) is 0.791. The van der Waals surface area contributed by atoms with Crippen LogP contribution in [0.2, 0.25) is 0 Å². The zero-order valence-corrected chi connectivity index (χ0v) is 16.8. The van der Waals surface area contributed by atoms with Gasteiger partial charge in [0.15, 0.2) is 5.65 Å². The van der Waals surface area contributed by atoms with Gasteiger partial charge in [0.05, 0.1) is 9.79 Å². The predicted molar refractivity (Wildman–Crippen MR) is 105 cm³/mol. The van der Waals surface area contributed by atoms with Crippen LogP contribution in [0.1, 0.15) is 38.1 Å². The first-order chi connectivity index (χ1) is 13.3. The van der Waals surface area contributed by atoms with Crippen molar-refractivity contribution < 1.29 is 13.2 Å². The van der Waals surface area contributed by atoms with Gasteiger partial charge in [0.25, 0.3) is 0 Å². The first kappa shape index (κ1) is 19.8. The highest BCUT2D eigenvalue weighted by Gasteiger charge is 2.23. The Kier molecular flexibility index (Phi) is 5.64. The van der Waals surface area contributed by atoms with Gasteiger partial charge in [-0.25, -0.2) is 13.2 Å². The molecular weight excluding hydrogens is 378 g/mol. The van der Waals surface area contributed by atoms with E-state index >= 15 is 0 Å². The van der Waals surface area contributed by atoms with E-state index in [1.54, 1.807) is 40.9 Å². The predicted octanol–water partition coefficient (Wildman–Crippen LogP) is 2.50. The van der Waals surface area contributed by atoms with Gasteiger partial charge in [-0.1, -0.05) is 32.0 Å². The van der Waals surface area contributed by atoms with Crippen LogP contribution >= 0.6 is 0 Å². The van der Waals surface area contributed by atoms with Crippen LogP contribution < -0.4 is 10.6 Å². The lowest BCUT2D eigenvalue weighted by Crippen LogP contribution is -2.35. The molecule has 1 aromatic carbocycles. The molecule has 2 heterocycles. The number of carbonyl (C=O) groups excluding carboxylic acids is 1. The van der Waals surface area contributed by atoms with Crippen molar-refractivity contribution >= 4 is 21.5 Å². The highest BCUT2D eigenvalue weighted by Crippen LogP contribution is 2.25. The molecule has 0 spiro atoms. The lowest BCUT2D eigenvalue weighted by Gasteiger charge is -2.12. The largest absolute Gasteiger partial charge is 0.338 e. The minimum Gasteiger partial charge on any atom is -0.338 e. The molecule has 0 aliphatic heterocycles. The molecule has 0 atom stereocenters. The van der Waals surface area contributed by atoms with Crippen LogP contribution in [0, 0.1) is 0 Å². The molecule has 3 rings (SSSR count). The summed E-state index contributed by atoms with van der Waals surface area (Å²) in [4.78, 5) is 12.0. The molecule has 0 saturated heterocycles. The molecular formula is C19H23N5O3S. The number of pyridine rings is 1. The first-order valence-electron chi connectivity index (χ1n) is 9.04. The molecule has 0 bridgehead atoms. The normalized spacial score (nSPS) is 11.7. The van der Waals surface area contributed by atoms with Crippen molar-refractivity contribution in [2.75, 3.05) is 6.54 Å². The number of hydrogen-bond acceptors (Lipinski definition) is 5. The smallest absolute Gasteiger partial charge is 0.315 e. The molecule has 2 aromatic heterocycles. The molecule has 8 nitrogen and oxygen atoms in total. The first-order valence-corrected chi connectivity index (χ1v) is 10.5. The Balaban J connectivity index is 2.00. The fourth-order valence-electron chi connectivity index (χ4n) is 2.88. The Morgan fingerprint density at radius 2 is 1.86 bits per heavy atom. The third-order valence-corrected chi connectivity index (χ3v) is 6.11. The minimum atomic E-state index is -3.79. The van der Waals surface area contributed by atoms with E-state index in [9.17, 15) is 13.2 Å². The van der Waals surface area contributed by atoms with E-state index in [2.05, 4.69) is 20.8 Å². The second kappa shape index (κ2) is 7.97. The molecule has 0 unspecified atom stereocenters. The van der Waals surface area contributed by atoms with Crippen molar-refractivity contribution in [2.45, 2.75) is 43.0 Å². The molecule has 3 aromatic rings. The van der Waals surface area contributed by atoms with Gasteiger partial charge in [0, 0.05) is 25.2 Å². The quantitative estimate of drug-likeness (QED) is 0.660. The number of aromatic nitrogens is 3. The number of rotatable bonds is 6. The van der Waals surface area contributed by atoms with Crippen molar-refractivity contribution in [1.29, 1.82) is 0 Å². The van der Waals surface area contributed by atoms with Crippen LogP contribution in [0.15, 0.2) is 52.4 Å². The van der Waals surface area contributed by atoms with Gasteiger partial charge in [-0.05, 0) is 30.7 Å². The van der Waals surface area contributed by atoms with Crippen LogP contribution in [0.5, 0.6) is 0 Å². The number of urea groups is 1. The summed E-state index contributed by atoms with van der Waals surface area (Å²) in [6, 6.07) is 9.47. The van der Waals surface area contributed by atoms with E-state index in [-0.39, 0.29) is 28.3 Å². The number of nitrogens with zero attached hydrogens (tertiary/aromatic N) is 3. The molecule has 2 N–H and O–H groups in total. The average Bonchev–Trinajstić information content (AvgIpc) is 3.10. The van der Waals surface area contributed by atoms with E-state index in [1.807, 2.05) is 20.8 Å².